The van der Waals surface area contributed by atoms with E-state index in [2.05, 4.69) is 27.0 Å². The number of nitrogens with zero attached hydrogens (tertiary/aromatic N) is 3. The van der Waals surface area contributed by atoms with Gasteiger partial charge in [0.25, 0.3) is 0 Å². The first-order valence-corrected chi connectivity index (χ1v) is 10.1. The fourth-order valence-electron chi connectivity index (χ4n) is 3.07. The van der Waals surface area contributed by atoms with E-state index in [1.165, 1.54) is 5.56 Å². The van der Waals surface area contributed by atoms with Gasteiger partial charge >= 0.3 is 5.97 Å². The molecule has 0 saturated carbocycles. The standard InChI is InChI=1S/C22H18BrN3O2/c23-12-11-16-9-10-20-18(15-28-22(27)19-8-4-5-13-24-19)21(25-26(20)14-16)17-6-2-1-3-7-17/h1-10,13-14H,11-12,15H2. The number of fused-ring (bicyclic) bond motifs is 1. The molecule has 6 heteroatoms. The predicted molar refractivity (Wildman–Crippen MR) is 111 cm³/mol. The number of aryl methyl sites for hydroxylation is 1. The number of carbonyl (C=O) groups is 1. The summed E-state index contributed by atoms with van der Waals surface area (Å²) in [6.07, 6.45) is 4.51. The smallest absolute Gasteiger partial charge is 0.357 e. The number of alkyl halides is 1. The number of benzene rings is 1. The third-order valence-electron chi connectivity index (χ3n) is 4.45. The zero-order chi connectivity index (χ0) is 19.3. The van der Waals surface area contributed by atoms with Crippen LogP contribution in [0.5, 0.6) is 0 Å². The Kier molecular flexibility index (Phi) is 5.48. The lowest BCUT2D eigenvalue weighted by Gasteiger charge is -2.06. The zero-order valence-corrected chi connectivity index (χ0v) is 16.7. The second-order valence-corrected chi connectivity index (χ2v) is 7.08. The van der Waals surface area contributed by atoms with E-state index in [-0.39, 0.29) is 6.61 Å². The van der Waals surface area contributed by atoms with Gasteiger partial charge in [-0.15, -0.1) is 0 Å². The van der Waals surface area contributed by atoms with Gasteiger partial charge in [-0.2, -0.15) is 5.10 Å². The lowest BCUT2D eigenvalue weighted by molar-refractivity contribution is 0.0468. The maximum absolute atomic E-state index is 12.3. The molecule has 0 amide bonds. The van der Waals surface area contributed by atoms with Gasteiger partial charge in [-0.05, 0) is 30.2 Å². The number of pyridine rings is 2. The summed E-state index contributed by atoms with van der Waals surface area (Å²) in [6.45, 7) is 0.126. The summed E-state index contributed by atoms with van der Waals surface area (Å²) in [5.41, 5.74) is 5.07. The number of halogens is 1. The summed E-state index contributed by atoms with van der Waals surface area (Å²) >= 11 is 3.48. The lowest BCUT2D eigenvalue weighted by atomic mass is 10.1. The van der Waals surface area contributed by atoms with Crippen molar-refractivity contribution in [2.24, 2.45) is 0 Å². The van der Waals surface area contributed by atoms with Crippen LogP contribution in [0.1, 0.15) is 21.6 Å². The molecule has 1 aromatic carbocycles. The van der Waals surface area contributed by atoms with E-state index < -0.39 is 5.97 Å². The van der Waals surface area contributed by atoms with Gasteiger partial charge in [-0.25, -0.2) is 14.3 Å². The molecule has 0 aliphatic rings. The molecule has 0 atom stereocenters. The van der Waals surface area contributed by atoms with Crippen molar-refractivity contribution in [2.75, 3.05) is 5.33 Å². The molecule has 0 bridgehead atoms. The van der Waals surface area contributed by atoms with Crippen molar-refractivity contribution in [3.63, 3.8) is 0 Å². The van der Waals surface area contributed by atoms with E-state index in [1.807, 2.05) is 47.1 Å². The molecule has 0 spiro atoms. The number of rotatable bonds is 6. The van der Waals surface area contributed by atoms with Crippen molar-refractivity contribution in [2.45, 2.75) is 13.0 Å². The minimum Gasteiger partial charge on any atom is -0.456 e. The Morgan fingerprint density at radius 2 is 1.86 bits per heavy atom. The molecule has 140 valence electrons. The van der Waals surface area contributed by atoms with Crippen molar-refractivity contribution in [1.82, 2.24) is 14.6 Å². The minimum atomic E-state index is -0.449. The lowest BCUT2D eigenvalue weighted by Crippen LogP contribution is -2.07. The molecule has 5 nitrogen and oxygen atoms in total. The van der Waals surface area contributed by atoms with E-state index in [4.69, 9.17) is 9.84 Å². The highest BCUT2D eigenvalue weighted by Gasteiger charge is 2.17. The van der Waals surface area contributed by atoms with Gasteiger partial charge < -0.3 is 4.74 Å². The normalized spacial score (nSPS) is 10.9. The summed E-state index contributed by atoms with van der Waals surface area (Å²) in [4.78, 5) is 16.4. The maximum Gasteiger partial charge on any atom is 0.357 e. The fraction of sp³-hybridized carbons (Fsp3) is 0.136. The Bertz CT molecular complexity index is 1090. The van der Waals surface area contributed by atoms with Crippen LogP contribution in [0.4, 0.5) is 0 Å². The monoisotopic (exact) mass is 435 g/mol. The van der Waals surface area contributed by atoms with Crippen molar-refractivity contribution in [3.8, 4) is 11.3 Å². The molecular weight excluding hydrogens is 418 g/mol. The summed E-state index contributed by atoms with van der Waals surface area (Å²) in [5.74, 6) is -0.449. The molecule has 28 heavy (non-hydrogen) atoms. The first kappa shape index (κ1) is 18.4. The summed E-state index contributed by atoms with van der Waals surface area (Å²) in [6, 6.07) is 19.2. The van der Waals surface area contributed by atoms with Gasteiger partial charge in [0.15, 0.2) is 0 Å². The SMILES string of the molecule is O=C(OCc1c(-c2ccccc2)nn2cc(CCBr)ccc12)c1ccccn1. The van der Waals surface area contributed by atoms with Gasteiger partial charge in [0.2, 0.25) is 0 Å². The quantitative estimate of drug-likeness (QED) is 0.325. The Hall–Kier alpha value is -2.99. The van der Waals surface area contributed by atoms with Gasteiger partial charge in [0.05, 0.1) is 11.2 Å². The molecule has 3 heterocycles. The summed E-state index contributed by atoms with van der Waals surface area (Å²) < 4.78 is 7.42. The van der Waals surface area contributed by atoms with E-state index in [1.54, 1.807) is 24.4 Å². The molecule has 0 saturated heterocycles. The summed E-state index contributed by atoms with van der Waals surface area (Å²) in [5, 5.41) is 5.66. The van der Waals surface area contributed by atoms with Crippen LogP contribution >= 0.6 is 15.9 Å². The molecule has 0 radical (unpaired) electrons. The Balaban J connectivity index is 1.71. The highest BCUT2D eigenvalue weighted by molar-refractivity contribution is 9.09. The van der Waals surface area contributed by atoms with Crippen molar-refractivity contribution in [3.05, 3.63) is 89.9 Å². The fourth-order valence-corrected chi connectivity index (χ4v) is 3.52. The van der Waals surface area contributed by atoms with Gasteiger partial charge in [-0.3, -0.25) is 0 Å². The van der Waals surface area contributed by atoms with Crippen molar-refractivity contribution in [1.29, 1.82) is 0 Å². The van der Waals surface area contributed by atoms with E-state index >= 15 is 0 Å². The molecule has 0 N–H and O–H groups in total. The topological polar surface area (TPSA) is 56.5 Å². The van der Waals surface area contributed by atoms with Crippen LogP contribution in [0.25, 0.3) is 16.8 Å². The van der Waals surface area contributed by atoms with Crippen LogP contribution in [0.3, 0.4) is 0 Å². The number of esters is 1. The van der Waals surface area contributed by atoms with Gasteiger partial charge in [0, 0.05) is 28.9 Å². The number of carbonyl (C=O) groups excluding carboxylic acids is 1. The van der Waals surface area contributed by atoms with E-state index in [0.717, 1.165) is 34.1 Å². The molecule has 0 aliphatic carbocycles. The Morgan fingerprint density at radius 1 is 1.04 bits per heavy atom. The molecule has 4 rings (SSSR count). The van der Waals surface area contributed by atoms with Crippen LogP contribution in [-0.4, -0.2) is 25.9 Å². The highest BCUT2D eigenvalue weighted by Crippen LogP contribution is 2.27. The number of aromatic nitrogens is 3. The third kappa shape index (κ3) is 3.82. The number of hydrogen-bond donors (Lipinski definition) is 0. The second-order valence-electron chi connectivity index (χ2n) is 6.29. The highest BCUT2D eigenvalue weighted by atomic mass is 79.9. The number of ether oxygens (including phenoxy) is 1. The van der Waals surface area contributed by atoms with Gasteiger partial charge in [-0.1, -0.05) is 58.4 Å². The number of hydrogen-bond acceptors (Lipinski definition) is 4. The van der Waals surface area contributed by atoms with Gasteiger partial charge in [0.1, 0.15) is 12.3 Å². The molecular formula is C22H18BrN3O2. The molecule has 0 aliphatic heterocycles. The average Bonchev–Trinajstić information content (AvgIpc) is 3.11. The zero-order valence-electron chi connectivity index (χ0n) is 15.1. The van der Waals surface area contributed by atoms with Crippen LogP contribution in [0, 0.1) is 0 Å². The first-order valence-electron chi connectivity index (χ1n) is 8.96. The van der Waals surface area contributed by atoms with Crippen LogP contribution in [0.15, 0.2) is 73.1 Å². The molecule has 0 unspecified atom stereocenters. The Labute approximate surface area is 171 Å². The second kappa shape index (κ2) is 8.35. The average molecular weight is 436 g/mol. The minimum absolute atomic E-state index is 0.126. The maximum atomic E-state index is 12.3. The molecule has 4 aromatic rings. The Morgan fingerprint density at radius 3 is 2.61 bits per heavy atom. The van der Waals surface area contributed by atoms with E-state index in [0.29, 0.717) is 5.69 Å². The summed E-state index contributed by atoms with van der Waals surface area (Å²) in [7, 11) is 0. The predicted octanol–water partition coefficient (Wildman–Crippen LogP) is 4.69. The molecule has 0 fully saturated rings. The first-order chi connectivity index (χ1) is 13.8. The molecule has 3 aromatic heterocycles. The third-order valence-corrected chi connectivity index (χ3v) is 4.84. The van der Waals surface area contributed by atoms with Crippen LogP contribution in [-0.2, 0) is 17.8 Å². The largest absolute Gasteiger partial charge is 0.456 e. The van der Waals surface area contributed by atoms with Crippen LogP contribution < -0.4 is 0 Å². The van der Waals surface area contributed by atoms with Crippen LogP contribution in [0.2, 0.25) is 0 Å². The van der Waals surface area contributed by atoms with E-state index in [9.17, 15) is 4.79 Å². The van der Waals surface area contributed by atoms with Crippen molar-refractivity contribution >= 4 is 27.4 Å². The van der Waals surface area contributed by atoms with Crippen molar-refractivity contribution < 1.29 is 9.53 Å².